The first-order valence-corrected chi connectivity index (χ1v) is 14.2. The summed E-state index contributed by atoms with van der Waals surface area (Å²) in [4.78, 5) is 55.0. The summed E-state index contributed by atoms with van der Waals surface area (Å²) in [5.41, 5.74) is 13.3. The Morgan fingerprint density at radius 2 is 1.55 bits per heavy atom. The smallest absolute Gasteiger partial charge is 0.326 e. The molecule has 3 amide bonds. The largest absolute Gasteiger partial charge is 0.480 e. The van der Waals surface area contributed by atoms with Gasteiger partial charge in [0.1, 0.15) is 18.1 Å². The first-order valence-electron chi connectivity index (χ1n) is 14.2. The summed E-state index contributed by atoms with van der Waals surface area (Å²) in [6.07, 6.45) is 4.56. The van der Waals surface area contributed by atoms with E-state index in [4.69, 9.17) is 11.5 Å². The maximum atomic E-state index is 13.6. The van der Waals surface area contributed by atoms with Crippen molar-refractivity contribution in [3.05, 3.63) is 36.0 Å². The number of nitrogens with two attached hydrogens (primary N) is 2. The number of para-hydroxylation sites is 1. The number of amides is 3. The van der Waals surface area contributed by atoms with Crippen molar-refractivity contribution in [1.29, 1.82) is 0 Å². The fraction of sp³-hybridized carbons (Fsp3) is 0.586. The van der Waals surface area contributed by atoms with Crippen molar-refractivity contribution < 1.29 is 24.3 Å². The van der Waals surface area contributed by atoms with Crippen LogP contribution in [0.2, 0.25) is 0 Å². The fourth-order valence-corrected chi connectivity index (χ4v) is 4.48. The highest BCUT2D eigenvalue weighted by Gasteiger charge is 2.33. The SMILES string of the molecule is CCC(C)C(N)C(=O)NC(C(=O)NC(Cc1c[nH]c2ccccc12)C(=O)NC(CCCCN)C(=O)O)C(C)CC. The molecular formula is C29H46N6O5. The maximum absolute atomic E-state index is 13.6. The highest BCUT2D eigenvalue weighted by molar-refractivity contribution is 5.95. The topological polar surface area (TPSA) is 192 Å². The lowest BCUT2D eigenvalue weighted by Gasteiger charge is -2.29. The molecule has 0 spiro atoms. The maximum Gasteiger partial charge on any atom is 0.326 e. The number of carbonyl (C=O) groups excluding carboxylic acids is 3. The summed E-state index contributed by atoms with van der Waals surface area (Å²) in [5.74, 6) is -3.07. The first-order chi connectivity index (χ1) is 19.0. The number of hydrogen-bond acceptors (Lipinski definition) is 6. The normalized spacial score (nSPS) is 15.8. The molecule has 1 aromatic heterocycles. The van der Waals surface area contributed by atoms with Crippen LogP contribution in [0.1, 0.15) is 65.4 Å². The van der Waals surface area contributed by atoms with Gasteiger partial charge in [0.25, 0.3) is 0 Å². The summed E-state index contributed by atoms with van der Waals surface area (Å²) in [6, 6.07) is 3.65. The number of H-pyrrole nitrogens is 1. The third kappa shape index (κ3) is 9.06. The lowest BCUT2D eigenvalue weighted by Crippen LogP contribution is -2.59. The van der Waals surface area contributed by atoms with Crippen molar-refractivity contribution in [2.45, 2.75) is 90.4 Å². The van der Waals surface area contributed by atoms with Gasteiger partial charge in [0.15, 0.2) is 0 Å². The number of rotatable bonds is 17. The quantitative estimate of drug-likeness (QED) is 0.144. The molecule has 11 heteroatoms. The molecule has 2 aromatic rings. The third-order valence-corrected chi connectivity index (χ3v) is 7.65. The minimum absolute atomic E-state index is 0.0757. The zero-order valence-corrected chi connectivity index (χ0v) is 24.0. The number of carboxylic acid groups (broad SMARTS) is 1. The minimum Gasteiger partial charge on any atom is -0.480 e. The Bertz CT molecular complexity index is 1140. The molecule has 0 aliphatic carbocycles. The van der Waals surface area contributed by atoms with Gasteiger partial charge in [-0.2, -0.15) is 0 Å². The van der Waals surface area contributed by atoms with Crippen molar-refractivity contribution in [2.75, 3.05) is 6.54 Å². The van der Waals surface area contributed by atoms with Crippen molar-refractivity contribution in [1.82, 2.24) is 20.9 Å². The third-order valence-electron chi connectivity index (χ3n) is 7.65. The summed E-state index contributed by atoms with van der Waals surface area (Å²) in [5, 5.41) is 18.8. The molecule has 1 aromatic carbocycles. The Morgan fingerprint density at radius 1 is 0.900 bits per heavy atom. The number of fused-ring (bicyclic) bond motifs is 1. The van der Waals surface area contributed by atoms with Crippen LogP contribution in [-0.4, -0.2) is 64.5 Å². The second kappa shape index (κ2) is 16.0. The number of carboxylic acids is 1. The average Bonchev–Trinajstić information content (AvgIpc) is 3.35. The van der Waals surface area contributed by atoms with E-state index in [1.807, 2.05) is 52.0 Å². The molecule has 11 nitrogen and oxygen atoms in total. The number of benzene rings is 1. The van der Waals surface area contributed by atoms with Crippen LogP contribution in [0, 0.1) is 11.8 Å². The number of aliphatic carboxylic acids is 1. The fourth-order valence-electron chi connectivity index (χ4n) is 4.48. The van der Waals surface area contributed by atoms with E-state index < -0.39 is 47.9 Å². The van der Waals surface area contributed by atoms with Gasteiger partial charge in [-0.15, -0.1) is 0 Å². The number of unbranched alkanes of at least 4 members (excludes halogenated alkanes) is 1. The van der Waals surface area contributed by atoms with Crippen LogP contribution in [0.4, 0.5) is 0 Å². The lowest BCUT2D eigenvalue weighted by molar-refractivity contribution is -0.142. The van der Waals surface area contributed by atoms with Crippen LogP contribution >= 0.6 is 0 Å². The number of carbonyl (C=O) groups is 4. The van der Waals surface area contributed by atoms with Crippen LogP contribution < -0.4 is 27.4 Å². The summed E-state index contributed by atoms with van der Waals surface area (Å²) < 4.78 is 0. The van der Waals surface area contributed by atoms with Crippen LogP contribution in [-0.2, 0) is 25.6 Å². The van der Waals surface area contributed by atoms with Gasteiger partial charge in [0, 0.05) is 23.5 Å². The van der Waals surface area contributed by atoms with Crippen molar-refractivity contribution in [2.24, 2.45) is 23.3 Å². The van der Waals surface area contributed by atoms with Crippen LogP contribution in [0.5, 0.6) is 0 Å². The molecular weight excluding hydrogens is 512 g/mol. The Hall–Kier alpha value is -3.44. The summed E-state index contributed by atoms with van der Waals surface area (Å²) in [6.45, 7) is 7.97. The highest BCUT2D eigenvalue weighted by Crippen LogP contribution is 2.20. The van der Waals surface area contributed by atoms with E-state index in [-0.39, 0.29) is 24.7 Å². The Kier molecular flexibility index (Phi) is 13.1. The molecule has 40 heavy (non-hydrogen) atoms. The zero-order valence-electron chi connectivity index (χ0n) is 24.0. The van der Waals surface area contributed by atoms with Gasteiger partial charge >= 0.3 is 5.97 Å². The molecule has 0 aliphatic rings. The molecule has 9 N–H and O–H groups in total. The first kappa shape index (κ1) is 32.8. The predicted octanol–water partition coefficient (Wildman–Crippen LogP) is 1.80. The molecule has 222 valence electrons. The molecule has 0 fully saturated rings. The number of aromatic amines is 1. The van der Waals surface area contributed by atoms with Gasteiger partial charge in [0.05, 0.1) is 6.04 Å². The van der Waals surface area contributed by atoms with Gasteiger partial charge < -0.3 is 37.5 Å². The van der Waals surface area contributed by atoms with Gasteiger partial charge in [-0.3, -0.25) is 14.4 Å². The molecule has 0 saturated carbocycles. The molecule has 0 radical (unpaired) electrons. The van der Waals surface area contributed by atoms with E-state index in [2.05, 4.69) is 20.9 Å². The standard InChI is InChI=1S/C29H46N6O5/c1-5-17(3)24(31)27(37)35-25(18(4)6-2)28(38)34-23(15-19-16-32-21-12-8-7-11-20(19)21)26(36)33-22(29(39)40)13-9-10-14-30/h7-8,11-12,16-18,22-25,32H,5-6,9-10,13-15,30-31H2,1-4H3,(H,33,36)(H,34,38)(H,35,37)(H,39,40). The lowest BCUT2D eigenvalue weighted by atomic mass is 9.95. The highest BCUT2D eigenvalue weighted by atomic mass is 16.4. The second-order valence-corrected chi connectivity index (χ2v) is 10.6. The number of hydrogen-bond donors (Lipinski definition) is 7. The number of nitrogens with one attached hydrogen (secondary N) is 4. The van der Waals surface area contributed by atoms with Crippen LogP contribution in [0.15, 0.2) is 30.5 Å². The van der Waals surface area contributed by atoms with E-state index >= 15 is 0 Å². The summed E-state index contributed by atoms with van der Waals surface area (Å²) >= 11 is 0. The van der Waals surface area contributed by atoms with E-state index in [0.717, 1.165) is 16.5 Å². The van der Waals surface area contributed by atoms with E-state index in [1.54, 1.807) is 6.20 Å². The Morgan fingerprint density at radius 3 is 2.17 bits per heavy atom. The molecule has 0 saturated heterocycles. The van der Waals surface area contributed by atoms with Crippen LogP contribution in [0.3, 0.4) is 0 Å². The molecule has 2 rings (SSSR count). The van der Waals surface area contributed by atoms with Crippen LogP contribution in [0.25, 0.3) is 10.9 Å². The van der Waals surface area contributed by atoms with Crippen molar-refractivity contribution in [3.8, 4) is 0 Å². The Labute approximate surface area is 236 Å². The van der Waals surface area contributed by atoms with Crippen molar-refractivity contribution >= 4 is 34.6 Å². The molecule has 6 atom stereocenters. The second-order valence-electron chi connectivity index (χ2n) is 10.6. The van der Waals surface area contributed by atoms with Gasteiger partial charge in [-0.25, -0.2) is 4.79 Å². The van der Waals surface area contributed by atoms with Crippen molar-refractivity contribution in [3.63, 3.8) is 0 Å². The molecule has 0 aliphatic heterocycles. The number of aromatic nitrogens is 1. The molecule has 1 heterocycles. The van der Waals surface area contributed by atoms with Gasteiger partial charge in [-0.05, 0) is 49.3 Å². The minimum atomic E-state index is -1.16. The predicted molar refractivity (Wildman–Crippen MR) is 155 cm³/mol. The molecule has 0 bridgehead atoms. The Balaban J connectivity index is 2.33. The average molecular weight is 559 g/mol. The molecule has 6 unspecified atom stereocenters. The summed E-state index contributed by atoms with van der Waals surface area (Å²) in [7, 11) is 0. The van der Waals surface area contributed by atoms with E-state index in [1.165, 1.54) is 0 Å². The zero-order chi connectivity index (χ0) is 29.8. The van der Waals surface area contributed by atoms with E-state index in [9.17, 15) is 24.3 Å². The van der Waals surface area contributed by atoms with E-state index in [0.29, 0.717) is 32.2 Å². The van der Waals surface area contributed by atoms with Gasteiger partial charge in [-0.1, -0.05) is 58.7 Å². The van der Waals surface area contributed by atoms with Gasteiger partial charge in [0.2, 0.25) is 17.7 Å². The monoisotopic (exact) mass is 558 g/mol.